The van der Waals surface area contributed by atoms with Crippen molar-refractivity contribution >= 4 is 29.9 Å². The number of methoxy groups -OCH3 is 2. The number of para-hydroxylation sites is 1. The van der Waals surface area contributed by atoms with E-state index in [1.165, 1.54) is 0 Å². The molecule has 0 aliphatic heterocycles. The molecule has 166 valence electrons. The number of rotatable bonds is 8. The molecule has 0 unspecified atom stereocenters. The van der Waals surface area contributed by atoms with E-state index in [4.69, 9.17) is 14.5 Å². The molecule has 0 fully saturated rings. The van der Waals surface area contributed by atoms with Gasteiger partial charge < -0.3 is 19.7 Å². The third kappa shape index (κ3) is 6.58. The van der Waals surface area contributed by atoms with E-state index < -0.39 is 0 Å². The molecular formula is C22H29IN6O2. The molecule has 0 aliphatic carbocycles. The van der Waals surface area contributed by atoms with Gasteiger partial charge in [-0.25, -0.2) is 9.98 Å². The molecule has 9 heteroatoms. The lowest BCUT2D eigenvalue weighted by atomic mass is 10.2. The summed E-state index contributed by atoms with van der Waals surface area (Å²) < 4.78 is 10.6. The number of hydrogen-bond donors (Lipinski definition) is 2. The molecule has 31 heavy (non-hydrogen) atoms. The molecule has 0 radical (unpaired) electrons. The van der Waals surface area contributed by atoms with Gasteiger partial charge in [-0.05, 0) is 37.3 Å². The number of nitrogens with zero attached hydrogens (tertiary/aromatic N) is 4. The van der Waals surface area contributed by atoms with Gasteiger partial charge >= 0.3 is 0 Å². The molecular weight excluding hydrogens is 507 g/mol. The molecule has 2 aromatic carbocycles. The van der Waals surface area contributed by atoms with Crippen LogP contribution in [0.25, 0.3) is 11.4 Å². The minimum absolute atomic E-state index is 0. The summed E-state index contributed by atoms with van der Waals surface area (Å²) in [5.74, 6) is 3.77. The number of halogens is 1. The van der Waals surface area contributed by atoms with Crippen molar-refractivity contribution in [2.24, 2.45) is 4.99 Å². The third-order valence-electron chi connectivity index (χ3n) is 4.56. The van der Waals surface area contributed by atoms with Crippen molar-refractivity contribution in [2.75, 3.05) is 27.8 Å². The zero-order valence-corrected chi connectivity index (χ0v) is 20.6. The average Bonchev–Trinajstić information content (AvgIpc) is 3.26. The van der Waals surface area contributed by atoms with E-state index in [9.17, 15) is 0 Å². The summed E-state index contributed by atoms with van der Waals surface area (Å²) in [6, 6.07) is 15.6. The van der Waals surface area contributed by atoms with Crippen LogP contribution < -0.4 is 14.8 Å². The maximum atomic E-state index is 5.46. The van der Waals surface area contributed by atoms with Crippen molar-refractivity contribution in [1.29, 1.82) is 0 Å². The van der Waals surface area contributed by atoms with E-state index in [2.05, 4.69) is 31.5 Å². The Kier molecular flexibility index (Phi) is 9.57. The summed E-state index contributed by atoms with van der Waals surface area (Å²) in [5, 5.41) is 10.6. The molecule has 0 amide bonds. The highest BCUT2D eigenvalue weighted by atomic mass is 127. The van der Waals surface area contributed by atoms with Crippen LogP contribution in [0.3, 0.4) is 0 Å². The van der Waals surface area contributed by atoms with Crippen LogP contribution in [-0.2, 0) is 13.1 Å². The van der Waals surface area contributed by atoms with Crippen LogP contribution in [0.4, 0.5) is 0 Å². The second-order valence-electron chi connectivity index (χ2n) is 6.67. The van der Waals surface area contributed by atoms with Gasteiger partial charge in [0.1, 0.15) is 23.9 Å². The normalized spacial score (nSPS) is 10.9. The second-order valence-corrected chi connectivity index (χ2v) is 6.67. The fourth-order valence-corrected chi connectivity index (χ4v) is 3.02. The van der Waals surface area contributed by atoms with Crippen LogP contribution in [-0.4, -0.2) is 53.9 Å². The van der Waals surface area contributed by atoms with Crippen molar-refractivity contribution in [3.63, 3.8) is 0 Å². The summed E-state index contributed by atoms with van der Waals surface area (Å²) in [6.07, 6.45) is 0. The van der Waals surface area contributed by atoms with Gasteiger partial charge in [0.25, 0.3) is 0 Å². The predicted molar refractivity (Wildman–Crippen MR) is 133 cm³/mol. The minimum Gasteiger partial charge on any atom is -0.497 e. The number of aliphatic imine (C=N–C) groups is 1. The van der Waals surface area contributed by atoms with E-state index in [-0.39, 0.29) is 24.0 Å². The fourth-order valence-electron chi connectivity index (χ4n) is 3.02. The first kappa shape index (κ1) is 24.4. The SMILES string of the molecule is CCNC(=NCc1nc(-c2ccc(OC)cc2)n[nH]1)N(C)Cc1ccccc1OC.I. The summed E-state index contributed by atoms with van der Waals surface area (Å²) in [5.41, 5.74) is 2.01. The molecule has 0 bridgehead atoms. The van der Waals surface area contributed by atoms with Crippen LogP contribution in [0.2, 0.25) is 0 Å². The topological polar surface area (TPSA) is 87.7 Å². The van der Waals surface area contributed by atoms with E-state index in [0.717, 1.165) is 35.1 Å². The molecule has 3 aromatic rings. The van der Waals surface area contributed by atoms with E-state index >= 15 is 0 Å². The summed E-state index contributed by atoms with van der Waals surface area (Å²) in [6.45, 7) is 3.87. The third-order valence-corrected chi connectivity index (χ3v) is 4.56. The van der Waals surface area contributed by atoms with Crippen LogP contribution >= 0.6 is 24.0 Å². The van der Waals surface area contributed by atoms with Crippen LogP contribution in [0, 0.1) is 0 Å². The molecule has 2 N–H and O–H groups in total. The Labute approximate surface area is 200 Å². The van der Waals surface area contributed by atoms with Crippen LogP contribution in [0.1, 0.15) is 18.3 Å². The lowest BCUT2D eigenvalue weighted by Crippen LogP contribution is -2.38. The Morgan fingerprint density at radius 1 is 1.10 bits per heavy atom. The van der Waals surface area contributed by atoms with Gasteiger partial charge in [0.2, 0.25) is 0 Å². The van der Waals surface area contributed by atoms with Gasteiger partial charge in [-0.3, -0.25) is 5.10 Å². The molecule has 0 atom stereocenters. The summed E-state index contributed by atoms with van der Waals surface area (Å²) >= 11 is 0. The van der Waals surface area contributed by atoms with E-state index in [1.807, 2.05) is 56.4 Å². The molecule has 1 heterocycles. The van der Waals surface area contributed by atoms with Crippen molar-refractivity contribution in [3.05, 3.63) is 59.9 Å². The summed E-state index contributed by atoms with van der Waals surface area (Å²) in [4.78, 5) is 11.3. The van der Waals surface area contributed by atoms with Gasteiger partial charge in [-0.2, -0.15) is 5.10 Å². The maximum Gasteiger partial charge on any atom is 0.194 e. The van der Waals surface area contributed by atoms with Gasteiger partial charge in [0.05, 0.1) is 14.2 Å². The monoisotopic (exact) mass is 536 g/mol. The fraction of sp³-hybridized carbons (Fsp3) is 0.318. The first-order chi connectivity index (χ1) is 14.6. The molecule has 0 spiro atoms. The number of guanidine groups is 1. The molecule has 1 aromatic heterocycles. The Morgan fingerprint density at radius 2 is 1.84 bits per heavy atom. The second kappa shape index (κ2) is 12.1. The highest BCUT2D eigenvalue weighted by molar-refractivity contribution is 14.0. The first-order valence-electron chi connectivity index (χ1n) is 9.81. The van der Waals surface area contributed by atoms with E-state index in [0.29, 0.717) is 24.7 Å². The summed E-state index contributed by atoms with van der Waals surface area (Å²) in [7, 11) is 5.32. The van der Waals surface area contributed by atoms with Crippen LogP contribution in [0.5, 0.6) is 11.5 Å². The number of aromatic nitrogens is 3. The number of benzene rings is 2. The van der Waals surface area contributed by atoms with Gasteiger partial charge in [0.15, 0.2) is 11.8 Å². The number of H-pyrrole nitrogens is 1. The molecule has 0 saturated heterocycles. The largest absolute Gasteiger partial charge is 0.497 e. The van der Waals surface area contributed by atoms with Gasteiger partial charge in [-0.15, -0.1) is 24.0 Å². The standard InChI is InChI=1S/C22H28N6O2.HI/c1-5-23-22(28(2)15-17-8-6-7-9-19(17)30-4)24-14-20-25-21(27-26-20)16-10-12-18(29-3)13-11-16;/h6-13H,5,14-15H2,1-4H3,(H,23,24)(H,25,26,27);1H. The minimum atomic E-state index is 0. The molecule has 0 aliphatic rings. The lowest BCUT2D eigenvalue weighted by Gasteiger charge is -2.23. The quantitative estimate of drug-likeness (QED) is 0.260. The number of hydrogen-bond acceptors (Lipinski definition) is 5. The lowest BCUT2D eigenvalue weighted by molar-refractivity contribution is 0.396. The number of ether oxygens (including phenoxy) is 2. The highest BCUT2D eigenvalue weighted by Crippen LogP contribution is 2.20. The smallest absolute Gasteiger partial charge is 0.194 e. The van der Waals surface area contributed by atoms with Crippen molar-refractivity contribution < 1.29 is 9.47 Å². The Hall–Kier alpha value is -2.82. The molecule has 0 saturated carbocycles. The van der Waals surface area contributed by atoms with Crippen molar-refractivity contribution in [3.8, 4) is 22.9 Å². The van der Waals surface area contributed by atoms with Gasteiger partial charge in [0, 0.05) is 31.3 Å². The zero-order valence-electron chi connectivity index (χ0n) is 18.3. The Bertz CT molecular complexity index is 974. The Morgan fingerprint density at radius 3 is 2.52 bits per heavy atom. The molecule has 3 rings (SSSR count). The predicted octanol–water partition coefficient (Wildman–Crippen LogP) is 3.70. The molecule has 8 nitrogen and oxygen atoms in total. The van der Waals surface area contributed by atoms with E-state index in [1.54, 1.807) is 14.2 Å². The maximum absolute atomic E-state index is 5.46. The Balaban J connectivity index is 0.00000341. The first-order valence-corrected chi connectivity index (χ1v) is 9.81. The van der Waals surface area contributed by atoms with Crippen molar-refractivity contribution in [2.45, 2.75) is 20.0 Å². The van der Waals surface area contributed by atoms with Gasteiger partial charge in [-0.1, -0.05) is 18.2 Å². The van der Waals surface area contributed by atoms with Crippen molar-refractivity contribution in [1.82, 2.24) is 25.4 Å². The zero-order chi connectivity index (χ0) is 21.3. The average molecular weight is 536 g/mol. The number of nitrogens with one attached hydrogen (secondary N) is 2. The van der Waals surface area contributed by atoms with Crippen LogP contribution in [0.15, 0.2) is 53.5 Å². The highest BCUT2D eigenvalue weighted by Gasteiger charge is 2.11. The number of aromatic amines is 1.